The van der Waals surface area contributed by atoms with E-state index in [0.29, 0.717) is 18.7 Å². The van der Waals surface area contributed by atoms with Gasteiger partial charge >= 0.3 is 0 Å². The summed E-state index contributed by atoms with van der Waals surface area (Å²) in [6, 6.07) is 3.69. The summed E-state index contributed by atoms with van der Waals surface area (Å²) in [5.74, 6) is -0.428. The number of aryl methyl sites for hydroxylation is 1. The summed E-state index contributed by atoms with van der Waals surface area (Å²) in [7, 11) is -3.57. The fourth-order valence-corrected chi connectivity index (χ4v) is 3.51. The van der Waals surface area contributed by atoms with Crippen LogP contribution >= 0.6 is 0 Å². The Morgan fingerprint density at radius 2 is 2.05 bits per heavy atom. The van der Waals surface area contributed by atoms with Crippen LogP contribution in [0.4, 0.5) is 4.39 Å². The van der Waals surface area contributed by atoms with Crippen molar-refractivity contribution >= 4 is 10.0 Å². The molecule has 1 heterocycles. The van der Waals surface area contributed by atoms with Crippen molar-refractivity contribution in [3.63, 3.8) is 0 Å². The minimum absolute atomic E-state index is 0.138. The number of hydrogen-bond acceptors (Lipinski definition) is 4. The molecule has 0 spiro atoms. The summed E-state index contributed by atoms with van der Waals surface area (Å²) < 4.78 is 39.9. The van der Waals surface area contributed by atoms with E-state index in [0.717, 1.165) is 32.2 Å². The van der Waals surface area contributed by atoms with Crippen LogP contribution in [0.1, 0.15) is 5.56 Å². The standard InChI is InChI=1S/C13H20FN3O2S/c1-11-10-12(14)2-3-13(11)20(18,19)16-6-9-17-7-4-15-5-8-17/h2-3,10,15-16H,4-9H2,1H3. The molecule has 0 aromatic heterocycles. The molecule has 0 amide bonds. The van der Waals surface area contributed by atoms with Crippen molar-refractivity contribution in [2.45, 2.75) is 11.8 Å². The Kier molecular flexibility index (Phi) is 5.09. The van der Waals surface area contributed by atoms with Crippen molar-refractivity contribution in [3.8, 4) is 0 Å². The Balaban J connectivity index is 1.93. The molecule has 0 unspecified atom stereocenters. The number of sulfonamides is 1. The molecule has 0 radical (unpaired) electrons. The van der Waals surface area contributed by atoms with Crippen LogP contribution in [0.15, 0.2) is 23.1 Å². The largest absolute Gasteiger partial charge is 0.314 e. The number of hydrogen-bond donors (Lipinski definition) is 2. The van der Waals surface area contributed by atoms with Crippen molar-refractivity contribution in [2.75, 3.05) is 39.3 Å². The predicted molar refractivity (Wildman–Crippen MR) is 75.6 cm³/mol. The van der Waals surface area contributed by atoms with Crippen molar-refractivity contribution in [1.82, 2.24) is 14.9 Å². The van der Waals surface area contributed by atoms with E-state index in [-0.39, 0.29) is 4.90 Å². The molecule has 1 aromatic rings. The average molecular weight is 301 g/mol. The summed E-state index contributed by atoms with van der Waals surface area (Å²) in [5, 5.41) is 3.24. The summed E-state index contributed by atoms with van der Waals surface area (Å²) in [6.07, 6.45) is 0. The first-order valence-electron chi connectivity index (χ1n) is 6.68. The highest BCUT2D eigenvalue weighted by Gasteiger charge is 2.17. The minimum atomic E-state index is -3.57. The van der Waals surface area contributed by atoms with Crippen LogP contribution < -0.4 is 10.0 Å². The first kappa shape index (κ1) is 15.4. The molecule has 1 aliphatic heterocycles. The van der Waals surface area contributed by atoms with E-state index < -0.39 is 15.8 Å². The monoisotopic (exact) mass is 301 g/mol. The number of benzene rings is 1. The lowest BCUT2D eigenvalue weighted by atomic mass is 10.2. The Bertz CT molecular complexity index is 557. The van der Waals surface area contributed by atoms with E-state index in [2.05, 4.69) is 14.9 Å². The van der Waals surface area contributed by atoms with Crippen molar-refractivity contribution < 1.29 is 12.8 Å². The van der Waals surface area contributed by atoms with Gasteiger partial charge in [0.1, 0.15) is 5.82 Å². The molecule has 7 heteroatoms. The van der Waals surface area contributed by atoms with Gasteiger partial charge in [-0.1, -0.05) is 0 Å². The molecule has 0 bridgehead atoms. The van der Waals surface area contributed by atoms with Gasteiger partial charge in [-0.2, -0.15) is 0 Å². The van der Waals surface area contributed by atoms with Crippen LogP contribution in [0.3, 0.4) is 0 Å². The highest BCUT2D eigenvalue weighted by molar-refractivity contribution is 7.89. The zero-order valence-electron chi connectivity index (χ0n) is 11.5. The zero-order chi connectivity index (χ0) is 14.6. The maximum absolute atomic E-state index is 13.0. The highest BCUT2D eigenvalue weighted by Crippen LogP contribution is 2.15. The summed E-state index contributed by atoms with van der Waals surface area (Å²) in [5.41, 5.74) is 0.416. The van der Waals surface area contributed by atoms with E-state index in [1.54, 1.807) is 6.92 Å². The van der Waals surface area contributed by atoms with Crippen LogP contribution in [0.25, 0.3) is 0 Å². The Labute approximate surface area is 119 Å². The minimum Gasteiger partial charge on any atom is -0.314 e. The van der Waals surface area contributed by atoms with Crippen LogP contribution in [0, 0.1) is 12.7 Å². The van der Waals surface area contributed by atoms with E-state index in [1.807, 2.05) is 0 Å². The summed E-state index contributed by atoms with van der Waals surface area (Å²) in [4.78, 5) is 2.34. The molecule has 2 rings (SSSR count). The Hall–Kier alpha value is -1.02. The maximum atomic E-state index is 13.0. The third-order valence-electron chi connectivity index (χ3n) is 3.36. The molecule has 2 N–H and O–H groups in total. The second kappa shape index (κ2) is 6.62. The van der Waals surface area contributed by atoms with Crippen LogP contribution in [0.5, 0.6) is 0 Å². The molecule has 5 nitrogen and oxygen atoms in total. The van der Waals surface area contributed by atoms with Crippen molar-refractivity contribution in [1.29, 1.82) is 0 Å². The first-order valence-corrected chi connectivity index (χ1v) is 8.16. The van der Waals surface area contributed by atoms with Gasteiger partial charge in [0.05, 0.1) is 4.90 Å². The fraction of sp³-hybridized carbons (Fsp3) is 0.538. The number of nitrogens with zero attached hydrogens (tertiary/aromatic N) is 1. The first-order chi connectivity index (χ1) is 9.49. The van der Waals surface area contributed by atoms with Gasteiger partial charge < -0.3 is 5.32 Å². The molecule has 1 aromatic carbocycles. The van der Waals surface area contributed by atoms with Crippen molar-refractivity contribution in [2.24, 2.45) is 0 Å². The van der Waals surface area contributed by atoms with Gasteiger partial charge in [-0.25, -0.2) is 17.5 Å². The van der Waals surface area contributed by atoms with Gasteiger partial charge in [-0.15, -0.1) is 0 Å². The smallest absolute Gasteiger partial charge is 0.240 e. The lowest BCUT2D eigenvalue weighted by Crippen LogP contribution is -2.46. The van der Waals surface area contributed by atoms with E-state index in [4.69, 9.17) is 0 Å². The Morgan fingerprint density at radius 3 is 2.70 bits per heavy atom. The van der Waals surface area contributed by atoms with Gasteiger partial charge in [0.2, 0.25) is 10.0 Å². The van der Waals surface area contributed by atoms with Gasteiger partial charge in [0.25, 0.3) is 0 Å². The van der Waals surface area contributed by atoms with Gasteiger partial charge in [-0.05, 0) is 30.7 Å². The molecule has 20 heavy (non-hydrogen) atoms. The van der Waals surface area contributed by atoms with E-state index in [9.17, 15) is 12.8 Å². The second-order valence-corrected chi connectivity index (χ2v) is 6.63. The second-order valence-electron chi connectivity index (χ2n) is 4.90. The molecule has 1 fully saturated rings. The zero-order valence-corrected chi connectivity index (χ0v) is 12.3. The predicted octanol–water partition coefficient (Wildman–Crippen LogP) is 0.318. The molecule has 1 aliphatic rings. The highest BCUT2D eigenvalue weighted by atomic mass is 32.2. The molecule has 0 atom stereocenters. The SMILES string of the molecule is Cc1cc(F)ccc1S(=O)(=O)NCCN1CCNCC1. The summed E-state index contributed by atoms with van der Waals surface area (Å²) in [6.45, 7) is 6.36. The maximum Gasteiger partial charge on any atom is 0.240 e. The number of nitrogens with one attached hydrogen (secondary N) is 2. The lowest BCUT2D eigenvalue weighted by Gasteiger charge is -2.27. The molecule has 1 saturated heterocycles. The van der Waals surface area contributed by atoms with Gasteiger partial charge in [-0.3, -0.25) is 4.90 Å². The van der Waals surface area contributed by atoms with Crippen molar-refractivity contribution in [3.05, 3.63) is 29.6 Å². The average Bonchev–Trinajstić information content (AvgIpc) is 2.39. The van der Waals surface area contributed by atoms with E-state index >= 15 is 0 Å². The van der Waals surface area contributed by atoms with E-state index in [1.165, 1.54) is 12.1 Å². The quantitative estimate of drug-likeness (QED) is 0.822. The third kappa shape index (κ3) is 3.99. The molecular weight excluding hydrogens is 281 g/mol. The van der Waals surface area contributed by atoms with Crippen LogP contribution in [0.2, 0.25) is 0 Å². The lowest BCUT2D eigenvalue weighted by molar-refractivity contribution is 0.245. The normalized spacial score (nSPS) is 17.3. The van der Waals surface area contributed by atoms with Gasteiger partial charge in [0.15, 0.2) is 0 Å². The Morgan fingerprint density at radius 1 is 1.35 bits per heavy atom. The van der Waals surface area contributed by atoms with Crippen LogP contribution in [-0.4, -0.2) is 52.6 Å². The third-order valence-corrected chi connectivity index (χ3v) is 4.98. The fourth-order valence-electron chi connectivity index (χ4n) is 2.26. The number of piperazine rings is 1. The number of rotatable bonds is 5. The summed E-state index contributed by atoms with van der Waals surface area (Å²) >= 11 is 0. The molecular formula is C13H20FN3O2S. The van der Waals surface area contributed by atoms with Crippen LogP contribution in [-0.2, 0) is 10.0 Å². The number of halogens is 1. The molecule has 112 valence electrons. The molecule has 0 aliphatic carbocycles. The van der Waals surface area contributed by atoms with Gasteiger partial charge in [0, 0.05) is 39.3 Å². The topological polar surface area (TPSA) is 61.4 Å². The molecule has 0 saturated carbocycles.